The fraction of sp³-hybridized carbons (Fsp3) is 0.348. The summed E-state index contributed by atoms with van der Waals surface area (Å²) in [5, 5.41) is 9.92. The summed E-state index contributed by atoms with van der Waals surface area (Å²) in [6, 6.07) is 12.0. The lowest BCUT2D eigenvalue weighted by molar-refractivity contribution is 0.477. The molecule has 0 atom stereocenters. The van der Waals surface area contributed by atoms with Gasteiger partial charge < -0.3 is 10.0 Å². The lowest BCUT2D eigenvalue weighted by atomic mass is 9.86. The van der Waals surface area contributed by atoms with E-state index in [-0.39, 0.29) is 11.3 Å². The number of phenolic OH excluding ortho intramolecular Hbond substituents is 1. The summed E-state index contributed by atoms with van der Waals surface area (Å²) in [6.45, 7) is 13.3. The van der Waals surface area contributed by atoms with Gasteiger partial charge in [0.2, 0.25) is 0 Å². The molecule has 0 bridgehead atoms. The molecule has 3 rings (SSSR count). The van der Waals surface area contributed by atoms with Crippen LogP contribution in [0.25, 0.3) is 5.57 Å². The Balaban J connectivity index is 2.08. The van der Waals surface area contributed by atoms with Crippen LogP contribution in [0.3, 0.4) is 0 Å². The Morgan fingerprint density at radius 1 is 1.12 bits per heavy atom. The quantitative estimate of drug-likeness (QED) is 0.705. The van der Waals surface area contributed by atoms with E-state index >= 15 is 0 Å². The molecule has 0 aromatic heterocycles. The van der Waals surface area contributed by atoms with Gasteiger partial charge in [-0.25, -0.2) is 0 Å². The van der Waals surface area contributed by atoms with E-state index in [1.165, 1.54) is 22.4 Å². The van der Waals surface area contributed by atoms with Crippen molar-refractivity contribution in [2.45, 2.75) is 53.1 Å². The first-order valence-corrected chi connectivity index (χ1v) is 9.16. The molecule has 1 aliphatic heterocycles. The average molecular weight is 348 g/mol. The second kappa shape index (κ2) is 6.64. The van der Waals surface area contributed by atoms with E-state index in [0.717, 1.165) is 5.56 Å². The molecule has 0 unspecified atom stereocenters. The van der Waals surface area contributed by atoms with Gasteiger partial charge in [-0.05, 0) is 82.5 Å². The van der Waals surface area contributed by atoms with Gasteiger partial charge in [-0.2, -0.15) is 0 Å². The molecule has 26 heavy (non-hydrogen) atoms. The standard InChI is InChI=1S/C23H28N2O/c1-15(2)25-21-11-16(3)18(12-19(21)17(4)13-23(25,5)6)14-24-20-9-7-8-10-22(20)26/h7-15,26H,1-6H3. The van der Waals surface area contributed by atoms with Crippen LogP contribution in [0.2, 0.25) is 0 Å². The predicted octanol–water partition coefficient (Wildman–Crippen LogP) is 5.86. The number of aliphatic imine (C=N–C) groups is 1. The van der Waals surface area contributed by atoms with Crippen LogP contribution in [0, 0.1) is 6.92 Å². The molecule has 0 radical (unpaired) electrons. The summed E-state index contributed by atoms with van der Waals surface area (Å²) in [4.78, 5) is 6.96. The van der Waals surface area contributed by atoms with Gasteiger partial charge >= 0.3 is 0 Å². The summed E-state index contributed by atoms with van der Waals surface area (Å²) < 4.78 is 0. The molecule has 0 saturated carbocycles. The van der Waals surface area contributed by atoms with Crippen LogP contribution in [-0.4, -0.2) is 22.9 Å². The first kappa shape index (κ1) is 18.2. The molecule has 2 aromatic carbocycles. The molecular weight excluding hydrogens is 320 g/mol. The van der Waals surface area contributed by atoms with Crippen LogP contribution in [0.5, 0.6) is 5.75 Å². The molecule has 0 fully saturated rings. The Labute approximate surface area is 156 Å². The minimum absolute atomic E-state index is 0.0108. The molecule has 0 aliphatic carbocycles. The zero-order valence-electron chi connectivity index (χ0n) is 16.5. The second-order valence-corrected chi connectivity index (χ2v) is 7.92. The van der Waals surface area contributed by atoms with E-state index in [0.29, 0.717) is 11.7 Å². The molecule has 0 saturated heterocycles. The first-order chi connectivity index (χ1) is 12.2. The number of benzene rings is 2. The zero-order valence-corrected chi connectivity index (χ0v) is 16.5. The SMILES string of the molecule is CC1=CC(C)(C)N(C(C)C)c2cc(C)c(C=Nc3ccccc3O)cc21. The molecule has 136 valence electrons. The van der Waals surface area contributed by atoms with Gasteiger partial charge in [0.25, 0.3) is 0 Å². The fourth-order valence-corrected chi connectivity index (χ4v) is 4.01. The third-order valence-corrected chi connectivity index (χ3v) is 5.00. The fourth-order valence-electron chi connectivity index (χ4n) is 4.01. The van der Waals surface area contributed by atoms with Crippen LogP contribution in [0.4, 0.5) is 11.4 Å². The third kappa shape index (κ3) is 3.26. The van der Waals surface area contributed by atoms with E-state index in [2.05, 4.69) is 69.6 Å². The highest BCUT2D eigenvalue weighted by Gasteiger charge is 2.33. The van der Waals surface area contributed by atoms with Gasteiger partial charge in [0, 0.05) is 23.5 Å². The maximum absolute atomic E-state index is 9.92. The van der Waals surface area contributed by atoms with Gasteiger partial charge in [0.05, 0.1) is 5.54 Å². The van der Waals surface area contributed by atoms with Crippen molar-refractivity contribution in [1.29, 1.82) is 0 Å². The highest BCUT2D eigenvalue weighted by atomic mass is 16.3. The van der Waals surface area contributed by atoms with E-state index in [1.54, 1.807) is 12.1 Å². The van der Waals surface area contributed by atoms with Crippen molar-refractivity contribution in [3.05, 3.63) is 59.2 Å². The van der Waals surface area contributed by atoms with E-state index < -0.39 is 0 Å². The number of phenols is 1. The van der Waals surface area contributed by atoms with Crippen LogP contribution in [-0.2, 0) is 0 Å². The number of hydrogen-bond acceptors (Lipinski definition) is 3. The predicted molar refractivity (Wildman–Crippen MR) is 112 cm³/mol. The monoisotopic (exact) mass is 348 g/mol. The third-order valence-electron chi connectivity index (χ3n) is 5.00. The van der Waals surface area contributed by atoms with Crippen molar-refractivity contribution < 1.29 is 5.11 Å². The van der Waals surface area contributed by atoms with Crippen molar-refractivity contribution >= 4 is 23.2 Å². The molecule has 0 spiro atoms. The van der Waals surface area contributed by atoms with Crippen LogP contribution < -0.4 is 4.90 Å². The van der Waals surface area contributed by atoms with Crippen molar-refractivity contribution in [2.24, 2.45) is 4.99 Å². The maximum Gasteiger partial charge on any atom is 0.141 e. The van der Waals surface area contributed by atoms with Gasteiger partial charge in [-0.1, -0.05) is 18.2 Å². The Morgan fingerprint density at radius 2 is 1.81 bits per heavy atom. The van der Waals surface area contributed by atoms with E-state index in [4.69, 9.17) is 0 Å². The van der Waals surface area contributed by atoms with Gasteiger partial charge in [-0.3, -0.25) is 4.99 Å². The number of hydrogen-bond donors (Lipinski definition) is 1. The first-order valence-electron chi connectivity index (χ1n) is 9.16. The molecule has 2 aromatic rings. The summed E-state index contributed by atoms with van der Waals surface area (Å²) in [5.41, 5.74) is 6.65. The summed E-state index contributed by atoms with van der Waals surface area (Å²) in [6.07, 6.45) is 4.19. The number of nitrogens with zero attached hydrogens (tertiary/aromatic N) is 2. The van der Waals surface area contributed by atoms with Gasteiger partial charge in [-0.15, -0.1) is 0 Å². The molecular formula is C23H28N2O. The molecule has 1 N–H and O–H groups in total. The number of rotatable bonds is 3. The summed E-state index contributed by atoms with van der Waals surface area (Å²) >= 11 is 0. The smallest absolute Gasteiger partial charge is 0.141 e. The van der Waals surface area contributed by atoms with Gasteiger partial charge in [0.1, 0.15) is 11.4 Å². The van der Waals surface area contributed by atoms with Crippen LogP contribution >= 0.6 is 0 Å². The number of aromatic hydroxyl groups is 1. The molecule has 1 heterocycles. The number of para-hydroxylation sites is 2. The second-order valence-electron chi connectivity index (χ2n) is 7.92. The zero-order chi connectivity index (χ0) is 19.1. The van der Waals surface area contributed by atoms with E-state index in [9.17, 15) is 5.11 Å². The Bertz CT molecular complexity index is 891. The lowest BCUT2D eigenvalue weighted by Crippen LogP contribution is -2.49. The molecule has 3 nitrogen and oxygen atoms in total. The molecule has 0 amide bonds. The maximum atomic E-state index is 9.92. The minimum atomic E-state index is -0.0108. The van der Waals surface area contributed by atoms with Crippen LogP contribution in [0.15, 0.2) is 47.5 Å². The number of aryl methyl sites for hydroxylation is 1. The average Bonchev–Trinajstić information content (AvgIpc) is 2.53. The highest BCUT2D eigenvalue weighted by Crippen LogP contribution is 2.41. The van der Waals surface area contributed by atoms with Crippen molar-refractivity contribution in [2.75, 3.05) is 4.90 Å². The largest absolute Gasteiger partial charge is 0.506 e. The van der Waals surface area contributed by atoms with Crippen molar-refractivity contribution in [1.82, 2.24) is 0 Å². The normalized spacial score (nSPS) is 16.1. The number of anilines is 1. The Morgan fingerprint density at radius 3 is 2.46 bits per heavy atom. The summed E-state index contributed by atoms with van der Waals surface area (Å²) in [5.74, 6) is 0.197. The van der Waals surface area contributed by atoms with Gasteiger partial charge in [0.15, 0.2) is 0 Å². The topological polar surface area (TPSA) is 35.8 Å². The number of allylic oxidation sites excluding steroid dienone is 1. The summed E-state index contributed by atoms with van der Waals surface area (Å²) in [7, 11) is 0. The van der Waals surface area contributed by atoms with Crippen molar-refractivity contribution in [3.8, 4) is 5.75 Å². The van der Waals surface area contributed by atoms with E-state index in [1.807, 2.05) is 18.3 Å². The Kier molecular flexibility index (Phi) is 4.66. The van der Waals surface area contributed by atoms with Crippen LogP contribution in [0.1, 0.15) is 51.3 Å². The lowest BCUT2D eigenvalue weighted by Gasteiger charge is -2.46. The minimum Gasteiger partial charge on any atom is -0.506 e. The molecule has 3 heteroatoms. The van der Waals surface area contributed by atoms with Crippen molar-refractivity contribution in [3.63, 3.8) is 0 Å². The molecule has 1 aliphatic rings. The Hall–Kier alpha value is -2.55. The highest BCUT2D eigenvalue weighted by molar-refractivity contribution is 5.90. The number of fused-ring (bicyclic) bond motifs is 1.